The molecule has 0 bridgehead atoms. The van der Waals surface area contributed by atoms with Crippen molar-refractivity contribution in [3.8, 4) is 0 Å². The van der Waals surface area contributed by atoms with Crippen molar-refractivity contribution in [3.05, 3.63) is 22.7 Å². The van der Waals surface area contributed by atoms with Gasteiger partial charge < -0.3 is 11.1 Å². The number of thioether (sulfide) groups is 1. The van der Waals surface area contributed by atoms with Crippen LogP contribution in [-0.2, 0) is 0 Å². The van der Waals surface area contributed by atoms with Gasteiger partial charge in [0.25, 0.3) is 5.91 Å². The minimum Gasteiger partial charge on any atom is -0.397 e. The lowest BCUT2D eigenvalue weighted by atomic mass is 10.2. The number of aryl methyl sites for hydroxylation is 1. The van der Waals surface area contributed by atoms with Crippen LogP contribution < -0.4 is 11.1 Å². The summed E-state index contributed by atoms with van der Waals surface area (Å²) in [6.45, 7) is 2.65. The molecule has 3 rings (SSSR count). The lowest BCUT2D eigenvalue weighted by molar-refractivity contribution is 0.0958. The summed E-state index contributed by atoms with van der Waals surface area (Å²) < 4.78 is 0.260. The van der Waals surface area contributed by atoms with Crippen molar-refractivity contribution in [1.29, 1.82) is 0 Å². The van der Waals surface area contributed by atoms with Gasteiger partial charge in [0.1, 0.15) is 9.71 Å². The zero-order valence-corrected chi connectivity index (χ0v) is 13.2. The number of nitrogen functional groups attached to an aromatic ring is 1. The highest BCUT2D eigenvalue weighted by molar-refractivity contribution is 8.00. The first-order valence-corrected chi connectivity index (χ1v) is 8.58. The number of amides is 1. The van der Waals surface area contributed by atoms with Gasteiger partial charge >= 0.3 is 0 Å². The summed E-state index contributed by atoms with van der Waals surface area (Å²) >= 11 is 3.20. The number of nitrogens with zero attached hydrogens (tertiary/aromatic N) is 1. The summed E-state index contributed by atoms with van der Waals surface area (Å²) in [4.78, 5) is 18.1. The maximum atomic E-state index is 12.3. The molecule has 1 aliphatic carbocycles. The van der Waals surface area contributed by atoms with Crippen LogP contribution >= 0.6 is 23.1 Å². The van der Waals surface area contributed by atoms with Crippen LogP contribution in [0.4, 0.5) is 5.69 Å². The number of nitrogens with two attached hydrogens (primary N) is 1. The quantitative estimate of drug-likeness (QED) is 0.911. The largest absolute Gasteiger partial charge is 0.397 e. The molecule has 0 spiro atoms. The third-order valence-electron chi connectivity index (χ3n) is 3.75. The lowest BCUT2D eigenvalue weighted by Gasteiger charge is -2.12. The van der Waals surface area contributed by atoms with Gasteiger partial charge in [-0.2, -0.15) is 11.8 Å². The SMILES string of the molecule is CSC1(CNC(=O)c2sc3nc(C)ccc3c2N)CC1. The van der Waals surface area contributed by atoms with Crippen LogP contribution in [0.5, 0.6) is 0 Å². The molecule has 0 atom stereocenters. The molecule has 2 heterocycles. The van der Waals surface area contributed by atoms with Crippen LogP contribution in [-0.4, -0.2) is 28.4 Å². The summed E-state index contributed by atoms with van der Waals surface area (Å²) in [5.74, 6) is -0.0801. The molecule has 1 saturated carbocycles. The van der Waals surface area contributed by atoms with Crippen LogP contribution in [0.1, 0.15) is 28.2 Å². The maximum Gasteiger partial charge on any atom is 0.263 e. The van der Waals surface area contributed by atoms with Crippen LogP contribution in [0.25, 0.3) is 10.2 Å². The lowest BCUT2D eigenvalue weighted by Crippen LogP contribution is -2.31. The normalized spacial score (nSPS) is 16.3. The van der Waals surface area contributed by atoms with E-state index in [1.165, 1.54) is 24.2 Å². The van der Waals surface area contributed by atoms with E-state index in [0.29, 0.717) is 17.1 Å². The van der Waals surface area contributed by atoms with Crippen molar-refractivity contribution in [2.24, 2.45) is 0 Å². The predicted molar refractivity (Wildman–Crippen MR) is 86.6 cm³/mol. The molecule has 0 unspecified atom stereocenters. The molecular weight excluding hydrogens is 290 g/mol. The Morgan fingerprint density at radius 2 is 2.30 bits per heavy atom. The number of aromatic nitrogens is 1. The Bertz CT molecular complexity index is 676. The molecule has 1 aliphatic rings. The van der Waals surface area contributed by atoms with Gasteiger partial charge in [0, 0.05) is 22.4 Å². The Morgan fingerprint density at radius 1 is 1.55 bits per heavy atom. The van der Waals surface area contributed by atoms with Gasteiger partial charge in [0.2, 0.25) is 0 Å². The van der Waals surface area contributed by atoms with Crippen molar-refractivity contribution >= 4 is 44.9 Å². The summed E-state index contributed by atoms with van der Waals surface area (Å²) in [6.07, 6.45) is 4.45. The van der Waals surface area contributed by atoms with E-state index >= 15 is 0 Å². The Kier molecular flexibility index (Phi) is 3.38. The van der Waals surface area contributed by atoms with Gasteiger partial charge in [-0.1, -0.05) is 0 Å². The van der Waals surface area contributed by atoms with Gasteiger partial charge in [0.05, 0.1) is 5.69 Å². The van der Waals surface area contributed by atoms with Crippen LogP contribution in [0.3, 0.4) is 0 Å². The molecule has 0 aliphatic heterocycles. The standard InChI is InChI=1S/C14H17N3OS2/c1-8-3-4-9-10(15)11(20-13(9)17-8)12(18)16-7-14(19-2)5-6-14/h3-4H,5-7,15H2,1-2H3,(H,16,18). The fourth-order valence-corrected chi connectivity index (χ4v) is 3.95. The van der Waals surface area contributed by atoms with Crippen molar-refractivity contribution < 1.29 is 4.79 Å². The van der Waals surface area contributed by atoms with Gasteiger partial charge in [0.15, 0.2) is 0 Å². The maximum absolute atomic E-state index is 12.3. The predicted octanol–water partition coefficient (Wildman–Crippen LogP) is 2.81. The number of pyridine rings is 1. The molecule has 0 saturated heterocycles. The highest BCUT2D eigenvalue weighted by atomic mass is 32.2. The fraction of sp³-hybridized carbons (Fsp3) is 0.429. The average Bonchev–Trinajstić information content (AvgIpc) is 3.15. The minimum atomic E-state index is -0.0801. The summed E-state index contributed by atoms with van der Waals surface area (Å²) in [5, 5.41) is 3.88. The molecule has 1 fully saturated rings. The number of carbonyl (C=O) groups excluding carboxylic acids is 1. The molecule has 20 heavy (non-hydrogen) atoms. The number of fused-ring (bicyclic) bond motifs is 1. The molecule has 0 radical (unpaired) electrons. The number of carbonyl (C=O) groups is 1. The number of rotatable bonds is 4. The van der Waals surface area contributed by atoms with Gasteiger partial charge in [-0.05, 0) is 38.2 Å². The third kappa shape index (κ3) is 2.38. The van der Waals surface area contributed by atoms with Gasteiger partial charge in [-0.25, -0.2) is 4.98 Å². The smallest absolute Gasteiger partial charge is 0.263 e. The number of thiophene rings is 1. The van der Waals surface area contributed by atoms with E-state index in [1.807, 2.05) is 30.8 Å². The third-order valence-corrected chi connectivity index (χ3v) is 6.28. The van der Waals surface area contributed by atoms with Crippen LogP contribution in [0, 0.1) is 6.92 Å². The molecule has 6 heteroatoms. The van der Waals surface area contributed by atoms with E-state index in [-0.39, 0.29) is 10.7 Å². The van der Waals surface area contributed by atoms with Crippen LogP contribution in [0.2, 0.25) is 0 Å². The van der Waals surface area contributed by atoms with E-state index in [2.05, 4.69) is 16.6 Å². The second kappa shape index (κ2) is 4.93. The van der Waals surface area contributed by atoms with E-state index in [1.54, 1.807) is 0 Å². The van der Waals surface area contributed by atoms with Gasteiger partial charge in [-0.3, -0.25) is 4.79 Å². The first kappa shape index (κ1) is 13.7. The molecule has 106 valence electrons. The zero-order chi connectivity index (χ0) is 14.3. The van der Waals surface area contributed by atoms with Crippen molar-refractivity contribution in [2.45, 2.75) is 24.5 Å². The van der Waals surface area contributed by atoms with E-state index in [9.17, 15) is 4.79 Å². The number of hydrogen-bond donors (Lipinski definition) is 2. The Labute approximate surface area is 126 Å². The van der Waals surface area contributed by atoms with E-state index in [0.717, 1.165) is 15.9 Å². The van der Waals surface area contributed by atoms with Gasteiger partial charge in [-0.15, -0.1) is 11.3 Å². The van der Waals surface area contributed by atoms with Crippen molar-refractivity contribution in [2.75, 3.05) is 18.5 Å². The molecule has 1 amide bonds. The second-order valence-corrected chi connectivity index (χ2v) is 7.49. The molecule has 0 aromatic carbocycles. The Morgan fingerprint density at radius 3 is 2.95 bits per heavy atom. The fourth-order valence-electron chi connectivity index (χ4n) is 2.17. The Hall–Kier alpha value is -1.27. The number of hydrogen-bond acceptors (Lipinski definition) is 5. The van der Waals surface area contributed by atoms with E-state index in [4.69, 9.17) is 5.73 Å². The van der Waals surface area contributed by atoms with Crippen molar-refractivity contribution in [1.82, 2.24) is 10.3 Å². The molecule has 3 N–H and O–H groups in total. The van der Waals surface area contributed by atoms with Crippen molar-refractivity contribution in [3.63, 3.8) is 0 Å². The Balaban J connectivity index is 1.82. The number of anilines is 1. The summed E-state index contributed by atoms with van der Waals surface area (Å²) in [6, 6.07) is 3.85. The average molecular weight is 307 g/mol. The molecular formula is C14H17N3OS2. The monoisotopic (exact) mass is 307 g/mol. The highest BCUT2D eigenvalue weighted by Crippen LogP contribution is 2.46. The second-order valence-electron chi connectivity index (χ2n) is 5.22. The molecule has 2 aromatic heterocycles. The number of nitrogens with one attached hydrogen (secondary N) is 1. The van der Waals surface area contributed by atoms with E-state index < -0.39 is 0 Å². The minimum absolute atomic E-state index is 0.0801. The molecule has 2 aromatic rings. The zero-order valence-electron chi connectivity index (χ0n) is 11.5. The first-order chi connectivity index (χ1) is 9.54. The topological polar surface area (TPSA) is 68.0 Å². The summed E-state index contributed by atoms with van der Waals surface area (Å²) in [7, 11) is 0. The highest BCUT2D eigenvalue weighted by Gasteiger charge is 2.42. The first-order valence-electron chi connectivity index (χ1n) is 6.54. The summed E-state index contributed by atoms with van der Waals surface area (Å²) in [5.41, 5.74) is 7.56. The molecule has 4 nitrogen and oxygen atoms in total. The van der Waals surface area contributed by atoms with Crippen LogP contribution in [0.15, 0.2) is 12.1 Å².